The lowest BCUT2D eigenvalue weighted by Gasteiger charge is -2.25. The molecule has 0 aromatic heterocycles. The van der Waals surface area contributed by atoms with Crippen LogP contribution in [0.5, 0.6) is 0 Å². The van der Waals surface area contributed by atoms with E-state index < -0.39 is 12.2 Å². The summed E-state index contributed by atoms with van der Waals surface area (Å²) in [6.07, 6.45) is -2.07. The van der Waals surface area contributed by atoms with Gasteiger partial charge in [-0.2, -0.15) is 0 Å². The largest absolute Gasteiger partial charge is 0.387 e. The van der Waals surface area contributed by atoms with Gasteiger partial charge < -0.3 is 14.9 Å². The van der Waals surface area contributed by atoms with Gasteiger partial charge in [-0.25, -0.2) is 0 Å². The molecule has 1 saturated heterocycles. The van der Waals surface area contributed by atoms with E-state index in [9.17, 15) is 10.2 Å². The van der Waals surface area contributed by atoms with Crippen molar-refractivity contribution in [3.63, 3.8) is 0 Å². The Labute approximate surface area is 132 Å². The maximum atomic E-state index is 10.4. The Kier molecular flexibility index (Phi) is 2.03. The molecule has 3 aliphatic rings. The van der Waals surface area contributed by atoms with E-state index in [1.54, 1.807) is 0 Å². The molecule has 0 radical (unpaired) electrons. The van der Waals surface area contributed by atoms with Gasteiger partial charge in [0.2, 0.25) is 0 Å². The zero-order chi connectivity index (χ0) is 15.3. The Morgan fingerprint density at radius 3 is 2.43 bits per heavy atom. The van der Waals surface area contributed by atoms with E-state index in [1.165, 1.54) is 33.0 Å². The summed E-state index contributed by atoms with van der Waals surface area (Å²) >= 11 is 0. The summed E-state index contributed by atoms with van der Waals surface area (Å²) in [4.78, 5) is 0. The van der Waals surface area contributed by atoms with E-state index in [4.69, 9.17) is 4.74 Å². The van der Waals surface area contributed by atoms with Gasteiger partial charge in [-0.1, -0.05) is 48.5 Å². The Balaban J connectivity index is 1.76. The van der Waals surface area contributed by atoms with Crippen LogP contribution in [-0.2, 0) is 4.74 Å². The van der Waals surface area contributed by atoms with Crippen molar-refractivity contribution in [3.8, 4) is 22.3 Å². The van der Waals surface area contributed by atoms with E-state index in [2.05, 4.69) is 42.5 Å². The van der Waals surface area contributed by atoms with E-state index in [0.29, 0.717) is 0 Å². The minimum Gasteiger partial charge on any atom is -0.387 e. The van der Waals surface area contributed by atoms with Gasteiger partial charge >= 0.3 is 0 Å². The summed E-state index contributed by atoms with van der Waals surface area (Å²) in [5, 5.41) is 23.1. The summed E-state index contributed by atoms with van der Waals surface area (Å²) in [5.41, 5.74) is 6.70. The predicted molar refractivity (Wildman–Crippen MR) is 87.0 cm³/mol. The molecule has 1 heterocycles. The first-order chi connectivity index (χ1) is 11.3. The number of fused-ring (bicyclic) bond motifs is 7. The van der Waals surface area contributed by atoms with Crippen LogP contribution >= 0.6 is 0 Å². The molecule has 2 aliphatic carbocycles. The fourth-order valence-electron chi connectivity index (χ4n) is 4.47. The molecule has 0 spiro atoms. The minimum absolute atomic E-state index is 0.0945. The first-order valence-corrected chi connectivity index (χ1v) is 7.96. The minimum atomic E-state index is -0.873. The van der Waals surface area contributed by atoms with Gasteiger partial charge in [-0.05, 0) is 44.2 Å². The molecule has 3 aromatic rings. The fraction of sp³-hybridized carbons (Fsp3) is 0.200. The molecule has 1 aliphatic heterocycles. The highest BCUT2D eigenvalue weighted by Gasteiger charge is 2.55. The van der Waals surface area contributed by atoms with Crippen molar-refractivity contribution < 1.29 is 14.9 Å². The zero-order valence-electron chi connectivity index (χ0n) is 12.2. The second kappa shape index (κ2) is 3.82. The Hall–Kier alpha value is -2.20. The Morgan fingerprint density at radius 2 is 1.61 bits per heavy atom. The molecule has 1 fully saturated rings. The van der Waals surface area contributed by atoms with Crippen LogP contribution < -0.4 is 0 Å². The smallest absolute Gasteiger partial charge is 0.118 e. The first kappa shape index (κ1) is 12.3. The van der Waals surface area contributed by atoms with E-state index in [0.717, 1.165) is 11.1 Å². The molecule has 0 amide bonds. The fourth-order valence-corrected chi connectivity index (χ4v) is 4.47. The van der Waals surface area contributed by atoms with Crippen molar-refractivity contribution in [1.29, 1.82) is 0 Å². The highest BCUT2D eigenvalue weighted by Crippen LogP contribution is 2.58. The summed E-state index contributed by atoms with van der Waals surface area (Å²) in [6.45, 7) is 0. The average Bonchev–Trinajstić information content (AvgIpc) is 3.32. The predicted octanol–water partition coefficient (Wildman–Crippen LogP) is 3.34. The Bertz CT molecular complexity index is 1000. The standard InChI is InChI=1S/C20H14O3/c21-17-13-8-7-11-10-5-1-3-9-4-2-6-12(14(9)10)15(11)16(13)19-20(23-19)18(17)22/h1-8,17-22H/t17-,18+,19+,20-/m0/s1. The molecule has 3 nitrogen and oxygen atoms in total. The van der Waals surface area contributed by atoms with Crippen LogP contribution in [0.4, 0.5) is 0 Å². The van der Waals surface area contributed by atoms with Gasteiger partial charge in [0, 0.05) is 0 Å². The van der Waals surface area contributed by atoms with Crippen molar-refractivity contribution >= 4 is 10.8 Å². The van der Waals surface area contributed by atoms with E-state index in [1.807, 2.05) is 6.07 Å². The SMILES string of the molecule is O[C@H]1[C@@H]2O[C@@H]2c2c(ccc3c2-c2cccc4cccc-3c24)[C@@H]1O. The lowest BCUT2D eigenvalue weighted by atomic mass is 9.82. The van der Waals surface area contributed by atoms with Crippen LogP contribution in [0, 0.1) is 0 Å². The third-order valence-electron chi connectivity index (χ3n) is 5.53. The summed E-state index contributed by atoms with van der Waals surface area (Å²) in [6, 6.07) is 16.8. The topological polar surface area (TPSA) is 53.0 Å². The number of epoxide rings is 1. The molecule has 3 aromatic carbocycles. The molecule has 3 heteroatoms. The molecule has 4 atom stereocenters. The number of benzene rings is 3. The molecule has 2 N–H and O–H groups in total. The summed E-state index contributed by atoms with van der Waals surface area (Å²) in [5.74, 6) is 0. The van der Waals surface area contributed by atoms with Crippen molar-refractivity contribution in [1.82, 2.24) is 0 Å². The maximum Gasteiger partial charge on any atom is 0.118 e. The van der Waals surface area contributed by atoms with Crippen LogP contribution in [0.2, 0.25) is 0 Å². The van der Waals surface area contributed by atoms with Gasteiger partial charge in [0.15, 0.2) is 0 Å². The lowest BCUT2D eigenvalue weighted by molar-refractivity contribution is 0.0000418. The van der Waals surface area contributed by atoms with Gasteiger partial charge in [0.05, 0.1) is 0 Å². The van der Waals surface area contributed by atoms with Gasteiger partial charge in [-0.15, -0.1) is 0 Å². The lowest BCUT2D eigenvalue weighted by Crippen LogP contribution is -2.29. The number of aliphatic hydroxyl groups excluding tert-OH is 2. The van der Waals surface area contributed by atoms with Crippen molar-refractivity contribution in [2.24, 2.45) is 0 Å². The van der Waals surface area contributed by atoms with Crippen molar-refractivity contribution in [2.75, 3.05) is 0 Å². The summed E-state index contributed by atoms with van der Waals surface area (Å²) < 4.78 is 5.70. The maximum absolute atomic E-state index is 10.4. The number of hydrogen-bond acceptors (Lipinski definition) is 3. The molecule has 23 heavy (non-hydrogen) atoms. The van der Waals surface area contributed by atoms with Crippen molar-refractivity contribution in [2.45, 2.75) is 24.4 Å². The summed E-state index contributed by atoms with van der Waals surface area (Å²) in [7, 11) is 0. The highest BCUT2D eigenvalue weighted by atomic mass is 16.6. The number of ether oxygens (including phenoxy) is 1. The van der Waals surface area contributed by atoms with E-state index in [-0.39, 0.29) is 12.2 Å². The Morgan fingerprint density at radius 1 is 0.826 bits per heavy atom. The number of aliphatic hydroxyl groups is 2. The normalized spacial score (nSPS) is 29.1. The number of rotatable bonds is 0. The van der Waals surface area contributed by atoms with Crippen LogP contribution in [0.25, 0.3) is 33.0 Å². The second-order valence-electron chi connectivity index (χ2n) is 6.66. The highest BCUT2D eigenvalue weighted by molar-refractivity contribution is 6.16. The van der Waals surface area contributed by atoms with Crippen LogP contribution in [0.15, 0.2) is 48.5 Å². The third-order valence-corrected chi connectivity index (χ3v) is 5.53. The van der Waals surface area contributed by atoms with E-state index >= 15 is 0 Å². The van der Waals surface area contributed by atoms with Gasteiger partial charge in [0.25, 0.3) is 0 Å². The number of hydrogen-bond donors (Lipinski definition) is 2. The third kappa shape index (κ3) is 1.33. The quantitative estimate of drug-likeness (QED) is 0.490. The van der Waals surface area contributed by atoms with Crippen molar-refractivity contribution in [3.05, 3.63) is 59.7 Å². The molecular formula is C20H14O3. The molecule has 6 rings (SSSR count). The zero-order valence-corrected chi connectivity index (χ0v) is 12.2. The van der Waals surface area contributed by atoms with Gasteiger partial charge in [0.1, 0.15) is 24.4 Å². The molecule has 112 valence electrons. The molecular weight excluding hydrogens is 288 g/mol. The molecule has 0 unspecified atom stereocenters. The first-order valence-electron chi connectivity index (χ1n) is 7.96. The monoisotopic (exact) mass is 302 g/mol. The van der Waals surface area contributed by atoms with Crippen LogP contribution in [0.3, 0.4) is 0 Å². The molecule has 0 saturated carbocycles. The van der Waals surface area contributed by atoms with Crippen LogP contribution in [-0.4, -0.2) is 22.4 Å². The average molecular weight is 302 g/mol. The van der Waals surface area contributed by atoms with Crippen LogP contribution in [0.1, 0.15) is 23.3 Å². The van der Waals surface area contributed by atoms with Gasteiger partial charge in [-0.3, -0.25) is 0 Å². The second-order valence-corrected chi connectivity index (χ2v) is 6.66. The molecule has 0 bridgehead atoms.